The third-order valence-corrected chi connectivity index (χ3v) is 2.94. The Hall–Kier alpha value is -1.55. The smallest absolute Gasteiger partial charge is 0.373 e. The van der Waals surface area contributed by atoms with Crippen LogP contribution in [-0.2, 0) is 4.74 Å². The third kappa shape index (κ3) is 2.42. The predicted molar refractivity (Wildman–Crippen MR) is 67.9 cm³/mol. The van der Waals surface area contributed by atoms with E-state index in [0.717, 1.165) is 15.6 Å². The molecule has 0 radical (unpaired) electrons. The molecule has 4 heteroatoms. The minimum absolute atomic E-state index is 0.213. The number of esters is 1. The van der Waals surface area contributed by atoms with E-state index in [1.165, 1.54) is 7.11 Å². The van der Waals surface area contributed by atoms with Crippen LogP contribution in [0.25, 0.3) is 11.3 Å². The normalized spacial score (nSPS) is 10.3. The summed E-state index contributed by atoms with van der Waals surface area (Å²) in [6, 6.07) is 9.25. The summed E-state index contributed by atoms with van der Waals surface area (Å²) >= 11 is 3.40. The summed E-state index contributed by atoms with van der Waals surface area (Å²) in [6.07, 6.45) is 0. The maximum Gasteiger partial charge on any atom is 0.373 e. The Morgan fingerprint density at radius 2 is 2.06 bits per heavy atom. The number of halogens is 1. The quantitative estimate of drug-likeness (QED) is 0.791. The zero-order chi connectivity index (χ0) is 12.4. The topological polar surface area (TPSA) is 39.4 Å². The molecule has 0 amide bonds. The van der Waals surface area contributed by atoms with Crippen LogP contribution in [0, 0.1) is 6.92 Å². The van der Waals surface area contributed by atoms with Crippen LogP contribution in [0.4, 0.5) is 0 Å². The first kappa shape index (κ1) is 11.9. The number of rotatable bonds is 2. The van der Waals surface area contributed by atoms with E-state index in [-0.39, 0.29) is 5.76 Å². The van der Waals surface area contributed by atoms with Crippen LogP contribution in [0.15, 0.2) is 39.2 Å². The lowest BCUT2D eigenvalue weighted by atomic mass is 10.1. The van der Waals surface area contributed by atoms with E-state index in [2.05, 4.69) is 20.7 Å². The van der Waals surface area contributed by atoms with Gasteiger partial charge in [-0.3, -0.25) is 0 Å². The third-order valence-electron chi connectivity index (χ3n) is 2.45. The van der Waals surface area contributed by atoms with Gasteiger partial charge in [-0.1, -0.05) is 15.9 Å². The summed E-state index contributed by atoms with van der Waals surface area (Å²) in [6.45, 7) is 1.99. The molecular weight excluding hydrogens is 284 g/mol. The van der Waals surface area contributed by atoms with Crippen LogP contribution in [-0.4, -0.2) is 13.1 Å². The van der Waals surface area contributed by atoms with Crippen molar-refractivity contribution in [3.63, 3.8) is 0 Å². The standard InChI is InChI=1S/C13H11BrO3/c1-8-7-9(14)3-4-10(8)11-5-6-12(17-11)13(15)16-2/h3-7H,1-2H3. The van der Waals surface area contributed by atoms with Gasteiger partial charge >= 0.3 is 5.97 Å². The molecule has 2 rings (SSSR count). The maximum absolute atomic E-state index is 11.3. The minimum Gasteiger partial charge on any atom is -0.463 e. The Kier molecular flexibility index (Phi) is 3.33. The molecule has 1 aromatic carbocycles. The van der Waals surface area contributed by atoms with Gasteiger partial charge in [0.1, 0.15) is 5.76 Å². The minimum atomic E-state index is -0.467. The number of furan rings is 1. The van der Waals surface area contributed by atoms with Crippen molar-refractivity contribution in [2.45, 2.75) is 6.92 Å². The first-order chi connectivity index (χ1) is 8.11. The highest BCUT2D eigenvalue weighted by atomic mass is 79.9. The van der Waals surface area contributed by atoms with Gasteiger partial charge in [-0.2, -0.15) is 0 Å². The Bertz CT molecular complexity index is 558. The molecule has 0 N–H and O–H groups in total. The summed E-state index contributed by atoms with van der Waals surface area (Å²) in [5, 5.41) is 0. The molecule has 1 heterocycles. The maximum atomic E-state index is 11.3. The summed E-state index contributed by atoms with van der Waals surface area (Å²) in [7, 11) is 1.33. The van der Waals surface area contributed by atoms with E-state index >= 15 is 0 Å². The van der Waals surface area contributed by atoms with Gasteiger partial charge in [-0.15, -0.1) is 0 Å². The molecule has 0 atom stereocenters. The van der Waals surface area contributed by atoms with E-state index < -0.39 is 5.97 Å². The highest BCUT2D eigenvalue weighted by molar-refractivity contribution is 9.10. The Morgan fingerprint density at radius 1 is 1.29 bits per heavy atom. The lowest BCUT2D eigenvalue weighted by Crippen LogP contribution is -1.98. The number of carbonyl (C=O) groups is 1. The van der Waals surface area contributed by atoms with Gasteiger partial charge in [0.15, 0.2) is 0 Å². The number of hydrogen-bond acceptors (Lipinski definition) is 3. The van der Waals surface area contributed by atoms with Gasteiger partial charge in [0, 0.05) is 10.0 Å². The Balaban J connectivity index is 2.40. The number of carbonyl (C=O) groups excluding carboxylic acids is 1. The SMILES string of the molecule is COC(=O)c1ccc(-c2ccc(Br)cc2C)o1. The number of benzene rings is 1. The second kappa shape index (κ2) is 4.75. The fourth-order valence-electron chi connectivity index (χ4n) is 1.60. The molecule has 0 saturated heterocycles. The van der Waals surface area contributed by atoms with Crippen LogP contribution in [0.5, 0.6) is 0 Å². The van der Waals surface area contributed by atoms with Crippen molar-refractivity contribution >= 4 is 21.9 Å². The van der Waals surface area contributed by atoms with Crippen molar-refractivity contribution in [3.05, 3.63) is 46.1 Å². The molecule has 0 aliphatic carbocycles. The monoisotopic (exact) mass is 294 g/mol. The predicted octanol–water partition coefficient (Wildman–Crippen LogP) is 3.80. The number of methoxy groups -OCH3 is 1. The van der Waals surface area contributed by atoms with Gasteiger partial charge in [-0.25, -0.2) is 4.79 Å². The van der Waals surface area contributed by atoms with Crippen LogP contribution >= 0.6 is 15.9 Å². The molecule has 0 unspecified atom stereocenters. The van der Waals surface area contributed by atoms with Gasteiger partial charge in [0.2, 0.25) is 5.76 Å². The van der Waals surface area contributed by atoms with Crippen molar-refractivity contribution in [1.82, 2.24) is 0 Å². The molecule has 1 aromatic heterocycles. The van der Waals surface area contributed by atoms with E-state index in [9.17, 15) is 4.79 Å². The van der Waals surface area contributed by atoms with Gasteiger partial charge < -0.3 is 9.15 Å². The number of aryl methyl sites for hydroxylation is 1. The average molecular weight is 295 g/mol. The van der Waals surface area contributed by atoms with Crippen molar-refractivity contribution in [2.75, 3.05) is 7.11 Å². The Morgan fingerprint density at radius 3 is 2.71 bits per heavy atom. The van der Waals surface area contributed by atoms with E-state index in [1.807, 2.05) is 25.1 Å². The lowest BCUT2D eigenvalue weighted by Gasteiger charge is -2.02. The molecule has 0 fully saturated rings. The second-order valence-electron chi connectivity index (χ2n) is 3.61. The van der Waals surface area contributed by atoms with E-state index in [0.29, 0.717) is 5.76 Å². The Labute approximate surface area is 108 Å². The molecule has 3 nitrogen and oxygen atoms in total. The summed E-state index contributed by atoms with van der Waals surface area (Å²) in [5.41, 5.74) is 2.04. The first-order valence-corrected chi connectivity index (χ1v) is 5.86. The van der Waals surface area contributed by atoms with E-state index in [4.69, 9.17) is 4.42 Å². The molecule has 0 spiro atoms. The summed E-state index contributed by atoms with van der Waals surface area (Å²) < 4.78 is 11.1. The van der Waals surface area contributed by atoms with Crippen LogP contribution in [0.2, 0.25) is 0 Å². The van der Waals surface area contributed by atoms with Crippen molar-refractivity contribution in [1.29, 1.82) is 0 Å². The van der Waals surface area contributed by atoms with Crippen LogP contribution in [0.3, 0.4) is 0 Å². The molecule has 0 bridgehead atoms. The molecule has 17 heavy (non-hydrogen) atoms. The first-order valence-electron chi connectivity index (χ1n) is 5.06. The summed E-state index contributed by atoms with van der Waals surface area (Å²) in [4.78, 5) is 11.3. The molecule has 2 aromatic rings. The highest BCUT2D eigenvalue weighted by Crippen LogP contribution is 2.27. The highest BCUT2D eigenvalue weighted by Gasteiger charge is 2.13. The molecule has 0 aliphatic heterocycles. The largest absolute Gasteiger partial charge is 0.463 e. The fraction of sp³-hybridized carbons (Fsp3) is 0.154. The summed E-state index contributed by atoms with van der Waals surface area (Å²) in [5.74, 6) is 0.409. The molecule has 88 valence electrons. The molecule has 0 aliphatic rings. The molecular formula is C13H11BrO3. The zero-order valence-corrected chi connectivity index (χ0v) is 11.1. The average Bonchev–Trinajstić information content (AvgIpc) is 2.77. The van der Waals surface area contributed by atoms with Crippen molar-refractivity contribution in [3.8, 4) is 11.3 Å². The van der Waals surface area contributed by atoms with Crippen molar-refractivity contribution < 1.29 is 13.9 Å². The van der Waals surface area contributed by atoms with Gasteiger partial charge in [0.05, 0.1) is 7.11 Å². The van der Waals surface area contributed by atoms with Crippen LogP contribution in [0.1, 0.15) is 16.1 Å². The van der Waals surface area contributed by atoms with Crippen LogP contribution < -0.4 is 0 Å². The van der Waals surface area contributed by atoms with Gasteiger partial charge in [0.25, 0.3) is 0 Å². The van der Waals surface area contributed by atoms with Crippen molar-refractivity contribution in [2.24, 2.45) is 0 Å². The fourth-order valence-corrected chi connectivity index (χ4v) is 2.07. The second-order valence-corrected chi connectivity index (χ2v) is 4.53. The number of ether oxygens (including phenoxy) is 1. The molecule has 0 saturated carbocycles. The number of hydrogen-bond donors (Lipinski definition) is 0. The van der Waals surface area contributed by atoms with Gasteiger partial charge in [-0.05, 0) is 42.8 Å². The lowest BCUT2D eigenvalue weighted by molar-refractivity contribution is 0.0566. The van der Waals surface area contributed by atoms with E-state index in [1.54, 1.807) is 12.1 Å². The zero-order valence-electron chi connectivity index (χ0n) is 9.49.